The molecule has 2 heterocycles. The number of carbonyl (C=O) groups excluding carboxylic acids is 2. The second-order valence-electron chi connectivity index (χ2n) is 6.07. The number of ether oxygens (including phenoxy) is 1. The molecule has 0 radical (unpaired) electrons. The van der Waals surface area contributed by atoms with Crippen LogP contribution in [-0.2, 0) is 4.74 Å². The molecule has 0 fully saturated rings. The van der Waals surface area contributed by atoms with Crippen molar-refractivity contribution in [2.75, 3.05) is 11.9 Å². The zero-order chi connectivity index (χ0) is 21.0. The number of hydrogen-bond acceptors (Lipinski definition) is 7. The number of anilines is 1. The van der Waals surface area contributed by atoms with E-state index in [1.165, 1.54) is 18.3 Å². The summed E-state index contributed by atoms with van der Waals surface area (Å²) in [5.41, 5.74) is 0.599. The first kappa shape index (κ1) is 19.7. The fourth-order valence-electron chi connectivity index (χ4n) is 2.57. The second-order valence-corrected chi connectivity index (χ2v) is 6.07. The lowest BCUT2D eigenvalue weighted by atomic mass is 10.2. The Morgan fingerprint density at radius 3 is 2.72 bits per heavy atom. The van der Waals surface area contributed by atoms with Crippen LogP contribution in [0.3, 0.4) is 0 Å². The number of nitrogens with one attached hydrogen (secondary N) is 1. The summed E-state index contributed by atoms with van der Waals surface area (Å²) >= 11 is 0. The van der Waals surface area contributed by atoms with Crippen LogP contribution in [0.15, 0.2) is 53.5 Å². The number of aryl methyl sites for hydroxylation is 1. The van der Waals surface area contributed by atoms with Gasteiger partial charge in [-0.1, -0.05) is 12.1 Å². The second kappa shape index (κ2) is 8.34. The molecule has 1 aromatic carbocycles. The average molecular weight is 394 g/mol. The maximum Gasteiger partial charge on any atom is 0.338 e. The minimum Gasteiger partial charge on any atom is -0.505 e. The van der Waals surface area contributed by atoms with Crippen molar-refractivity contribution in [3.63, 3.8) is 0 Å². The summed E-state index contributed by atoms with van der Waals surface area (Å²) in [6.07, 6.45) is 1.34. The molecule has 1 amide bonds. The molecule has 9 heteroatoms. The average Bonchev–Trinajstić information content (AvgIpc) is 2.68. The molecule has 0 atom stereocenters. The number of esters is 1. The molecule has 148 valence electrons. The van der Waals surface area contributed by atoms with E-state index in [1.807, 2.05) is 13.0 Å². The lowest BCUT2D eigenvalue weighted by Gasteiger charge is -2.10. The largest absolute Gasteiger partial charge is 0.505 e. The topological polar surface area (TPSA) is 123 Å². The number of nitrogens with zero attached hydrogens (tertiary/aromatic N) is 3. The van der Waals surface area contributed by atoms with Gasteiger partial charge in [0.1, 0.15) is 5.82 Å². The van der Waals surface area contributed by atoms with Crippen LogP contribution in [-0.4, -0.2) is 38.4 Å². The SMILES string of the molecule is CCOC(=O)c1ccnc(NC(=O)c2nn(-c3cccc(C)c3)c(=O)cc2O)c1. The third-order valence-corrected chi connectivity index (χ3v) is 3.89. The van der Waals surface area contributed by atoms with Gasteiger partial charge in [-0.3, -0.25) is 9.59 Å². The number of aromatic nitrogens is 3. The van der Waals surface area contributed by atoms with Gasteiger partial charge in [0.25, 0.3) is 11.5 Å². The molecule has 0 unspecified atom stereocenters. The van der Waals surface area contributed by atoms with Crippen LogP contribution < -0.4 is 10.9 Å². The first-order valence-electron chi connectivity index (χ1n) is 8.74. The van der Waals surface area contributed by atoms with E-state index in [-0.39, 0.29) is 23.7 Å². The summed E-state index contributed by atoms with van der Waals surface area (Å²) in [5, 5.41) is 16.5. The highest BCUT2D eigenvalue weighted by Crippen LogP contribution is 2.16. The molecule has 2 N–H and O–H groups in total. The molecular formula is C20H18N4O5. The number of hydrogen-bond donors (Lipinski definition) is 2. The molecule has 3 aromatic rings. The van der Waals surface area contributed by atoms with Gasteiger partial charge in [-0.2, -0.15) is 9.78 Å². The fraction of sp³-hybridized carbons (Fsp3) is 0.150. The Bertz CT molecular complexity index is 1140. The molecule has 0 aliphatic rings. The molecule has 0 saturated heterocycles. The lowest BCUT2D eigenvalue weighted by Crippen LogP contribution is -2.25. The highest BCUT2D eigenvalue weighted by Gasteiger charge is 2.18. The first-order valence-corrected chi connectivity index (χ1v) is 8.74. The molecule has 3 rings (SSSR count). The number of amides is 1. The van der Waals surface area contributed by atoms with Crippen LogP contribution in [0, 0.1) is 6.92 Å². The highest BCUT2D eigenvalue weighted by atomic mass is 16.5. The van der Waals surface area contributed by atoms with Gasteiger partial charge in [0.15, 0.2) is 11.4 Å². The van der Waals surface area contributed by atoms with Gasteiger partial charge < -0.3 is 15.2 Å². The van der Waals surface area contributed by atoms with Crippen molar-refractivity contribution in [3.05, 3.63) is 75.8 Å². The van der Waals surface area contributed by atoms with Crippen LogP contribution in [0.25, 0.3) is 5.69 Å². The number of benzene rings is 1. The zero-order valence-corrected chi connectivity index (χ0v) is 15.7. The van der Waals surface area contributed by atoms with E-state index in [0.29, 0.717) is 5.69 Å². The Labute approximate surface area is 165 Å². The minimum atomic E-state index is -0.794. The van der Waals surface area contributed by atoms with E-state index < -0.39 is 23.2 Å². The van der Waals surface area contributed by atoms with Gasteiger partial charge >= 0.3 is 5.97 Å². The Morgan fingerprint density at radius 2 is 2.00 bits per heavy atom. The van der Waals surface area contributed by atoms with Gasteiger partial charge in [0.2, 0.25) is 0 Å². The Balaban J connectivity index is 1.92. The lowest BCUT2D eigenvalue weighted by molar-refractivity contribution is 0.0526. The standard InChI is InChI=1S/C20H18N4O5/c1-3-29-20(28)13-7-8-21-16(10-13)22-19(27)18-15(25)11-17(26)24(23-18)14-6-4-5-12(2)9-14/h4-11,25H,3H2,1-2H3,(H,21,22,27). The molecule has 9 nitrogen and oxygen atoms in total. The predicted molar refractivity (Wildman–Crippen MR) is 104 cm³/mol. The van der Waals surface area contributed by atoms with E-state index in [4.69, 9.17) is 4.74 Å². The van der Waals surface area contributed by atoms with Crippen molar-refractivity contribution in [1.29, 1.82) is 0 Å². The van der Waals surface area contributed by atoms with Crippen molar-refractivity contribution in [3.8, 4) is 11.4 Å². The summed E-state index contributed by atoms with van der Waals surface area (Å²) in [5.74, 6) is -1.86. The van der Waals surface area contributed by atoms with Crippen molar-refractivity contribution >= 4 is 17.7 Å². The van der Waals surface area contributed by atoms with E-state index in [0.717, 1.165) is 16.3 Å². The Kier molecular flexibility index (Phi) is 5.68. The van der Waals surface area contributed by atoms with E-state index in [1.54, 1.807) is 25.1 Å². The Morgan fingerprint density at radius 1 is 1.21 bits per heavy atom. The molecule has 29 heavy (non-hydrogen) atoms. The van der Waals surface area contributed by atoms with Crippen LogP contribution in [0.4, 0.5) is 5.82 Å². The third-order valence-electron chi connectivity index (χ3n) is 3.89. The number of rotatable bonds is 5. The van der Waals surface area contributed by atoms with Crippen LogP contribution in [0.1, 0.15) is 33.3 Å². The van der Waals surface area contributed by atoms with Crippen molar-refractivity contribution in [2.45, 2.75) is 13.8 Å². The van der Waals surface area contributed by atoms with Crippen LogP contribution in [0.5, 0.6) is 5.75 Å². The Hall–Kier alpha value is -4.01. The van der Waals surface area contributed by atoms with Crippen molar-refractivity contribution < 1.29 is 19.4 Å². The summed E-state index contributed by atoms with van der Waals surface area (Å²) in [6, 6.07) is 10.7. The highest BCUT2D eigenvalue weighted by molar-refractivity contribution is 6.04. The summed E-state index contributed by atoms with van der Waals surface area (Å²) in [6.45, 7) is 3.74. The maximum absolute atomic E-state index is 12.6. The van der Waals surface area contributed by atoms with E-state index in [9.17, 15) is 19.5 Å². The van der Waals surface area contributed by atoms with Gasteiger partial charge in [-0.25, -0.2) is 9.78 Å². The third kappa shape index (κ3) is 4.46. The number of aromatic hydroxyl groups is 1. The maximum atomic E-state index is 12.6. The molecule has 0 aliphatic heterocycles. The quantitative estimate of drug-likeness (QED) is 0.635. The number of carbonyl (C=O) groups is 2. The summed E-state index contributed by atoms with van der Waals surface area (Å²) in [4.78, 5) is 40.6. The smallest absolute Gasteiger partial charge is 0.338 e. The molecular weight excluding hydrogens is 376 g/mol. The minimum absolute atomic E-state index is 0.0649. The molecule has 0 bridgehead atoms. The van der Waals surface area contributed by atoms with Gasteiger partial charge in [-0.15, -0.1) is 0 Å². The predicted octanol–water partition coefficient (Wildman–Crippen LogP) is 2.07. The molecule has 0 spiro atoms. The number of pyridine rings is 1. The molecule has 0 aliphatic carbocycles. The van der Waals surface area contributed by atoms with Crippen molar-refractivity contribution in [1.82, 2.24) is 14.8 Å². The van der Waals surface area contributed by atoms with E-state index >= 15 is 0 Å². The summed E-state index contributed by atoms with van der Waals surface area (Å²) in [7, 11) is 0. The van der Waals surface area contributed by atoms with Gasteiger partial charge in [0.05, 0.1) is 17.9 Å². The van der Waals surface area contributed by atoms with Crippen LogP contribution >= 0.6 is 0 Å². The van der Waals surface area contributed by atoms with Gasteiger partial charge in [0, 0.05) is 12.3 Å². The summed E-state index contributed by atoms with van der Waals surface area (Å²) < 4.78 is 5.93. The van der Waals surface area contributed by atoms with E-state index in [2.05, 4.69) is 15.4 Å². The normalized spacial score (nSPS) is 10.4. The van der Waals surface area contributed by atoms with Crippen LogP contribution in [0.2, 0.25) is 0 Å². The zero-order valence-electron chi connectivity index (χ0n) is 15.7. The molecule has 0 saturated carbocycles. The molecule has 2 aromatic heterocycles. The van der Waals surface area contributed by atoms with Gasteiger partial charge in [-0.05, 0) is 43.7 Å². The fourth-order valence-corrected chi connectivity index (χ4v) is 2.57. The monoisotopic (exact) mass is 394 g/mol. The van der Waals surface area contributed by atoms with Crippen molar-refractivity contribution in [2.24, 2.45) is 0 Å². The first-order chi connectivity index (χ1) is 13.9.